The second-order valence-electron chi connectivity index (χ2n) is 5.64. The fourth-order valence-electron chi connectivity index (χ4n) is 3.40. The van der Waals surface area contributed by atoms with Crippen LogP contribution in [0.15, 0.2) is 24.3 Å². The van der Waals surface area contributed by atoms with Gasteiger partial charge in [0.25, 0.3) is 0 Å². The Hall–Kier alpha value is -1.30. The largest absolute Gasteiger partial charge is 0.319 e. The van der Waals surface area contributed by atoms with Crippen LogP contribution in [0.1, 0.15) is 30.5 Å². The molecule has 19 heavy (non-hydrogen) atoms. The summed E-state index contributed by atoms with van der Waals surface area (Å²) in [6, 6.07) is 8.83. The molecule has 1 fully saturated rings. The highest BCUT2D eigenvalue weighted by atomic mass is 15.2. The highest BCUT2D eigenvalue weighted by molar-refractivity contribution is 5.42. The maximum Gasteiger partial charge on any atom is 0.0389 e. The van der Waals surface area contributed by atoms with E-state index in [0.717, 1.165) is 18.7 Å². The fraction of sp³-hybridized carbons (Fsp3) is 0.529. The van der Waals surface area contributed by atoms with Crippen molar-refractivity contribution in [3.63, 3.8) is 0 Å². The number of nitrogens with zero attached hydrogens (tertiary/aromatic N) is 1. The minimum absolute atomic E-state index is 0.454. The van der Waals surface area contributed by atoms with E-state index in [9.17, 15) is 0 Å². The SMILES string of the molecule is C#Cc1ccccc1C1[C@H]([C@H](C)CNC)CCN1C. The lowest BCUT2D eigenvalue weighted by Crippen LogP contribution is -2.29. The predicted octanol–water partition coefficient (Wildman–Crippen LogP) is 2.52. The molecule has 0 spiro atoms. The Balaban J connectivity index is 2.32. The third-order valence-corrected chi connectivity index (χ3v) is 4.39. The summed E-state index contributed by atoms with van der Waals surface area (Å²) < 4.78 is 0. The molecule has 2 rings (SSSR count). The molecule has 0 saturated carbocycles. The van der Waals surface area contributed by atoms with Crippen molar-refractivity contribution in [1.82, 2.24) is 10.2 Å². The third kappa shape index (κ3) is 2.83. The number of hydrogen-bond donors (Lipinski definition) is 1. The summed E-state index contributed by atoms with van der Waals surface area (Å²) in [5.74, 6) is 4.17. The van der Waals surface area contributed by atoms with Crippen LogP contribution in [0.25, 0.3) is 0 Å². The van der Waals surface area contributed by atoms with E-state index in [2.05, 4.69) is 48.3 Å². The van der Waals surface area contributed by atoms with Gasteiger partial charge in [0, 0.05) is 11.6 Å². The number of hydrogen-bond acceptors (Lipinski definition) is 2. The van der Waals surface area contributed by atoms with Crippen LogP contribution in [0.3, 0.4) is 0 Å². The Morgan fingerprint density at radius 3 is 2.89 bits per heavy atom. The summed E-state index contributed by atoms with van der Waals surface area (Å²) in [5.41, 5.74) is 2.36. The molecule has 1 unspecified atom stereocenters. The summed E-state index contributed by atoms with van der Waals surface area (Å²) in [6.45, 7) is 4.56. The maximum atomic E-state index is 5.66. The zero-order valence-corrected chi connectivity index (χ0v) is 12.2. The van der Waals surface area contributed by atoms with Crippen molar-refractivity contribution in [2.45, 2.75) is 19.4 Å². The minimum atomic E-state index is 0.454. The molecule has 1 aliphatic heterocycles. The minimum Gasteiger partial charge on any atom is -0.319 e. The third-order valence-electron chi connectivity index (χ3n) is 4.39. The van der Waals surface area contributed by atoms with Gasteiger partial charge >= 0.3 is 0 Å². The van der Waals surface area contributed by atoms with Crippen molar-refractivity contribution >= 4 is 0 Å². The lowest BCUT2D eigenvalue weighted by atomic mass is 9.82. The quantitative estimate of drug-likeness (QED) is 0.833. The van der Waals surface area contributed by atoms with Gasteiger partial charge in [-0.2, -0.15) is 0 Å². The van der Waals surface area contributed by atoms with Gasteiger partial charge in [0.05, 0.1) is 0 Å². The average Bonchev–Trinajstić information content (AvgIpc) is 2.81. The molecule has 1 N–H and O–H groups in total. The van der Waals surface area contributed by atoms with E-state index < -0.39 is 0 Å². The standard InChI is InChI=1S/C17H24N2/c1-5-14-8-6-7-9-16(14)17-15(10-11-19(17)4)13(2)12-18-3/h1,6-9,13,15,17-18H,10-12H2,2-4H3/t13-,15+,17?/m1/s1. The van der Waals surface area contributed by atoms with E-state index in [1.807, 2.05) is 13.1 Å². The van der Waals surface area contributed by atoms with E-state index in [1.165, 1.54) is 12.0 Å². The van der Waals surface area contributed by atoms with Gasteiger partial charge in [0.2, 0.25) is 0 Å². The number of rotatable bonds is 4. The van der Waals surface area contributed by atoms with Gasteiger partial charge in [-0.15, -0.1) is 6.42 Å². The Bertz CT molecular complexity index is 461. The molecule has 3 atom stereocenters. The molecule has 0 radical (unpaired) electrons. The molecule has 1 heterocycles. The molecule has 1 saturated heterocycles. The monoisotopic (exact) mass is 256 g/mol. The maximum absolute atomic E-state index is 5.66. The van der Waals surface area contributed by atoms with E-state index in [1.54, 1.807) is 0 Å². The predicted molar refractivity (Wildman–Crippen MR) is 80.9 cm³/mol. The highest BCUT2D eigenvalue weighted by Crippen LogP contribution is 2.41. The van der Waals surface area contributed by atoms with Crippen LogP contribution in [0.5, 0.6) is 0 Å². The second kappa shape index (κ2) is 6.23. The van der Waals surface area contributed by atoms with Crippen LogP contribution in [0.4, 0.5) is 0 Å². The van der Waals surface area contributed by atoms with Crippen LogP contribution in [-0.4, -0.2) is 32.1 Å². The van der Waals surface area contributed by atoms with Gasteiger partial charge < -0.3 is 5.32 Å². The van der Waals surface area contributed by atoms with Crippen LogP contribution < -0.4 is 5.32 Å². The second-order valence-corrected chi connectivity index (χ2v) is 5.64. The molecule has 1 aliphatic rings. The lowest BCUT2D eigenvalue weighted by molar-refractivity contribution is 0.230. The van der Waals surface area contributed by atoms with E-state index >= 15 is 0 Å². The van der Waals surface area contributed by atoms with E-state index in [-0.39, 0.29) is 0 Å². The summed E-state index contributed by atoms with van der Waals surface area (Å²) >= 11 is 0. The van der Waals surface area contributed by atoms with E-state index in [0.29, 0.717) is 17.9 Å². The number of nitrogens with one attached hydrogen (secondary N) is 1. The Kier molecular flexibility index (Phi) is 4.63. The Labute approximate surface area is 117 Å². The summed E-state index contributed by atoms with van der Waals surface area (Å²) in [4.78, 5) is 2.45. The summed E-state index contributed by atoms with van der Waals surface area (Å²) in [7, 11) is 4.24. The molecule has 1 aromatic carbocycles. The first-order valence-electron chi connectivity index (χ1n) is 7.09. The first-order valence-corrected chi connectivity index (χ1v) is 7.09. The van der Waals surface area contributed by atoms with Gasteiger partial charge in [-0.3, -0.25) is 4.90 Å². The van der Waals surface area contributed by atoms with Gasteiger partial charge in [-0.1, -0.05) is 31.0 Å². The van der Waals surface area contributed by atoms with Gasteiger partial charge in [-0.25, -0.2) is 0 Å². The average molecular weight is 256 g/mol. The Morgan fingerprint density at radius 1 is 1.47 bits per heavy atom. The van der Waals surface area contributed by atoms with Crippen LogP contribution >= 0.6 is 0 Å². The van der Waals surface area contributed by atoms with Gasteiger partial charge in [0.1, 0.15) is 0 Å². The van der Waals surface area contributed by atoms with Crippen LogP contribution in [-0.2, 0) is 0 Å². The van der Waals surface area contributed by atoms with Crippen molar-refractivity contribution in [1.29, 1.82) is 0 Å². The summed E-state index contributed by atoms with van der Waals surface area (Å²) in [6.07, 6.45) is 6.92. The molecular formula is C17H24N2. The van der Waals surface area contributed by atoms with Crippen molar-refractivity contribution in [3.8, 4) is 12.3 Å². The molecule has 1 aromatic rings. The normalized spacial score (nSPS) is 25.2. The smallest absolute Gasteiger partial charge is 0.0389 e. The van der Waals surface area contributed by atoms with E-state index in [4.69, 9.17) is 6.42 Å². The van der Waals surface area contributed by atoms with Crippen LogP contribution in [0, 0.1) is 24.2 Å². The van der Waals surface area contributed by atoms with Gasteiger partial charge in [0.15, 0.2) is 0 Å². The summed E-state index contributed by atoms with van der Waals surface area (Å²) in [5, 5.41) is 3.30. The van der Waals surface area contributed by atoms with Crippen molar-refractivity contribution < 1.29 is 0 Å². The molecular weight excluding hydrogens is 232 g/mol. The van der Waals surface area contributed by atoms with Crippen molar-refractivity contribution in [2.24, 2.45) is 11.8 Å². The van der Waals surface area contributed by atoms with Crippen molar-refractivity contribution in [3.05, 3.63) is 35.4 Å². The van der Waals surface area contributed by atoms with Crippen LogP contribution in [0.2, 0.25) is 0 Å². The number of terminal acetylenes is 1. The lowest BCUT2D eigenvalue weighted by Gasteiger charge is -2.30. The molecule has 102 valence electrons. The Morgan fingerprint density at radius 2 is 2.21 bits per heavy atom. The molecule has 0 bridgehead atoms. The molecule has 0 aromatic heterocycles. The highest BCUT2D eigenvalue weighted by Gasteiger charge is 2.36. The first-order chi connectivity index (χ1) is 9.19. The molecule has 2 heteroatoms. The van der Waals surface area contributed by atoms with Gasteiger partial charge in [-0.05, 0) is 57.1 Å². The fourth-order valence-corrected chi connectivity index (χ4v) is 3.40. The molecule has 2 nitrogen and oxygen atoms in total. The zero-order chi connectivity index (χ0) is 13.8. The molecule has 0 amide bonds. The number of benzene rings is 1. The van der Waals surface area contributed by atoms with Crippen molar-refractivity contribution in [2.75, 3.05) is 27.2 Å². The molecule has 0 aliphatic carbocycles. The number of likely N-dealkylation sites (tertiary alicyclic amines) is 1. The zero-order valence-electron chi connectivity index (χ0n) is 12.2. The first kappa shape index (κ1) is 14.1. The topological polar surface area (TPSA) is 15.3 Å².